The van der Waals surface area contributed by atoms with Crippen molar-refractivity contribution in [1.82, 2.24) is 14.6 Å². The van der Waals surface area contributed by atoms with Gasteiger partial charge in [-0.1, -0.05) is 48.9 Å². The Morgan fingerprint density at radius 1 is 1.06 bits per heavy atom. The van der Waals surface area contributed by atoms with Crippen LogP contribution >= 0.6 is 0 Å². The molecule has 35 heavy (non-hydrogen) atoms. The number of rotatable bonds is 8. The highest BCUT2D eigenvalue weighted by molar-refractivity contribution is 5.79. The van der Waals surface area contributed by atoms with Gasteiger partial charge in [0.05, 0.1) is 31.1 Å². The lowest BCUT2D eigenvalue weighted by molar-refractivity contribution is 0.122. The van der Waals surface area contributed by atoms with Gasteiger partial charge in [0.2, 0.25) is 0 Å². The molecule has 0 radical (unpaired) electrons. The number of aromatic nitrogens is 3. The van der Waals surface area contributed by atoms with Crippen LogP contribution in [0.5, 0.6) is 0 Å². The van der Waals surface area contributed by atoms with E-state index in [0.29, 0.717) is 19.8 Å². The summed E-state index contributed by atoms with van der Waals surface area (Å²) < 4.78 is 7.54. The molecule has 4 aromatic rings. The van der Waals surface area contributed by atoms with E-state index in [-0.39, 0.29) is 0 Å². The van der Waals surface area contributed by atoms with Crippen molar-refractivity contribution >= 4 is 23.4 Å². The summed E-state index contributed by atoms with van der Waals surface area (Å²) in [6.07, 6.45) is 3.02. The number of aliphatic imine (C=N–C) groups is 1. The molecule has 1 aliphatic rings. The Balaban J connectivity index is 1.46. The Labute approximate surface area is 206 Å². The van der Waals surface area contributed by atoms with Crippen molar-refractivity contribution in [3.63, 3.8) is 0 Å². The van der Waals surface area contributed by atoms with E-state index in [1.807, 2.05) is 10.7 Å². The average Bonchev–Trinajstić information content (AvgIpc) is 3.32. The van der Waals surface area contributed by atoms with Gasteiger partial charge in [-0.25, -0.2) is 4.98 Å². The normalized spacial score (nSPS) is 14.2. The summed E-state index contributed by atoms with van der Waals surface area (Å²) in [5.74, 6) is 1.03. The minimum atomic E-state index is 0.514. The highest BCUT2D eigenvalue weighted by Gasteiger charge is 2.18. The highest BCUT2D eigenvalue weighted by atomic mass is 16.5. The van der Waals surface area contributed by atoms with Crippen LogP contribution in [0.15, 0.2) is 65.7 Å². The molecule has 7 heteroatoms. The first-order valence-corrected chi connectivity index (χ1v) is 12.3. The maximum absolute atomic E-state index is 5.58. The molecule has 1 saturated heterocycles. The summed E-state index contributed by atoms with van der Waals surface area (Å²) in [7, 11) is 0. The minimum Gasteiger partial charge on any atom is -0.385 e. The quantitative estimate of drug-likeness (QED) is 0.369. The standard InChI is InChI=1S/C28H32N6O/c1-3-11-30-24-9-7-23(8-10-24)26-18-27-31-25(20-29-19-22-6-4-5-21(2)16-22)17-28(34(27)32-26)33-12-14-35-15-13-33/h4-10,16-19,30H,3,11-15,20H2,1-2H3. The first kappa shape index (κ1) is 23.1. The summed E-state index contributed by atoms with van der Waals surface area (Å²) in [5.41, 5.74) is 7.19. The monoisotopic (exact) mass is 468 g/mol. The zero-order valence-corrected chi connectivity index (χ0v) is 20.4. The highest BCUT2D eigenvalue weighted by Crippen LogP contribution is 2.25. The van der Waals surface area contributed by atoms with Crippen LogP contribution in [-0.4, -0.2) is 53.7 Å². The number of hydrogen-bond acceptors (Lipinski definition) is 6. The molecule has 1 aliphatic heterocycles. The van der Waals surface area contributed by atoms with E-state index in [1.54, 1.807) is 0 Å². The minimum absolute atomic E-state index is 0.514. The maximum Gasteiger partial charge on any atom is 0.158 e. The summed E-state index contributed by atoms with van der Waals surface area (Å²) in [4.78, 5) is 11.9. The van der Waals surface area contributed by atoms with Crippen molar-refractivity contribution < 1.29 is 4.74 Å². The molecule has 7 nitrogen and oxygen atoms in total. The Morgan fingerprint density at radius 2 is 1.89 bits per heavy atom. The smallest absolute Gasteiger partial charge is 0.158 e. The largest absolute Gasteiger partial charge is 0.385 e. The van der Waals surface area contributed by atoms with Gasteiger partial charge >= 0.3 is 0 Å². The molecule has 2 aromatic carbocycles. The van der Waals surface area contributed by atoms with Crippen LogP contribution in [0.3, 0.4) is 0 Å². The van der Waals surface area contributed by atoms with Crippen molar-refractivity contribution in [3.8, 4) is 11.3 Å². The number of anilines is 2. The van der Waals surface area contributed by atoms with Crippen molar-refractivity contribution in [2.75, 3.05) is 43.1 Å². The van der Waals surface area contributed by atoms with Gasteiger partial charge in [-0.3, -0.25) is 4.99 Å². The van der Waals surface area contributed by atoms with E-state index in [2.05, 4.69) is 89.7 Å². The maximum atomic E-state index is 5.58. The number of benzene rings is 2. The number of hydrogen-bond donors (Lipinski definition) is 1. The number of nitrogens with zero attached hydrogens (tertiary/aromatic N) is 5. The topological polar surface area (TPSA) is 67.0 Å². The van der Waals surface area contributed by atoms with Gasteiger partial charge in [-0.2, -0.15) is 9.61 Å². The van der Waals surface area contributed by atoms with E-state index < -0.39 is 0 Å². The van der Waals surface area contributed by atoms with Crippen LogP contribution in [0, 0.1) is 6.92 Å². The van der Waals surface area contributed by atoms with Gasteiger partial charge in [-0.15, -0.1) is 0 Å². The van der Waals surface area contributed by atoms with Crippen LogP contribution < -0.4 is 10.2 Å². The molecule has 5 rings (SSSR count). The molecule has 1 fully saturated rings. The SMILES string of the molecule is CCCNc1ccc(-c2cc3nc(CN=Cc4cccc(C)c4)cc(N4CCOCC4)n3n2)cc1. The molecule has 180 valence electrons. The third kappa shape index (κ3) is 5.52. The Bertz CT molecular complexity index is 1310. The number of morpholine rings is 1. The van der Waals surface area contributed by atoms with Gasteiger partial charge in [0.15, 0.2) is 5.65 Å². The van der Waals surface area contributed by atoms with Crippen molar-refractivity contribution in [2.24, 2.45) is 4.99 Å². The molecule has 0 bridgehead atoms. The van der Waals surface area contributed by atoms with Gasteiger partial charge in [0, 0.05) is 49.2 Å². The number of aryl methyl sites for hydroxylation is 1. The fourth-order valence-corrected chi connectivity index (χ4v) is 4.27. The summed E-state index contributed by atoms with van der Waals surface area (Å²) in [5, 5.41) is 8.37. The fraction of sp³-hybridized carbons (Fsp3) is 0.321. The molecule has 0 unspecified atom stereocenters. The third-order valence-corrected chi connectivity index (χ3v) is 6.09. The lowest BCUT2D eigenvalue weighted by Gasteiger charge is -2.29. The summed E-state index contributed by atoms with van der Waals surface area (Å²) >= 11 is 0. The first-order valence-electron chi connectivity index (χ1n) is 12.3. The van der Waals surface area contributed by atoms with E-state index in [0.717, 1.165) is 65.7 Å². The van der Waals surface area contributed by atoms with Gasteiger partial charge in [-0.05, 0) is 31.0 Å². The Hall–Kier alpha value is -3.71. The lowest BCUT2D eigenvalue weighted by atomic mass is 10.1. The second-order valence-electron chi connectivity index (χ2n) is 8.89. The van der Waals surface area contributed by atoms with Gasteiger partial charge in [0.25, 0.3) is 0 Å². The van der Waals surface area contributed by atoms with Crippen LogP contribution in [0.4, 0.5) is 11.5 Å². The third-order valence-electron chi connectivity index (χ3n) is 6.09. The van der Waals surface area contributed by atoms with Crippen molar-refractivity contribution in [3.05, 3.63) is 77.5 Å². The molecule has 0 aliphatic carbocycles. The molecule has 3 heterocycles. The molecule has 1 N–H and O–H groups in total. The predicted molar refractivity (Wildman–Crippen MR) is 143 cm³/mol. The second kappa shape index (κ2) is 10.7. The van der Waals surface area contributed by atoms with Crippen LogP contribution in [0.25, 0.3) is 16.9 Å². The average molecular weight is 469 g/mol. The molecule has 0 saturated carbocycles. The molecule has 0 amide bonds. The van der Waals surface area contributed by atoms with Gasteiger partial charge < -0.3 is 15.0 Å². The summed E-state index contributed by atoms with van der Waals surface area (Å²) in [6, 6.07) is 21.0. The van der Waals surface area contributed by atoms with Gasteiger partial charge in [0.1, 0.15) is 5.82 Å². The second-order valence-corrected chi connectivity index (χ2v) is 8.89. The number of nitrogens with one attached hydrogen (secondary N) is 1. The van der Waals surface area contributed by atoms with E-state index in [1.165, 1.54) is 5.56 Å². The van der Waals surface area contributed by atoms with Crippen molar-refractivity contribution in [1.29, 1.82) is 0 Å². The van der Waals surface area contributed by atoms with Crippen molar-refractivity contribution in [2.45, 2.75) is 26.8 Å². The molecule has 0 spiro atoms. The van der Waals surface area contributed by atoms with Crippen LogP contribution in [-0.2, 0) is 11.3 Å². The molecular weight excluding hydrogens is 436 g/mol. The molecule has 2 aromatic heterocycles. The van der Waals surface area contributed by atoms with E-state index in [4.69, 9.17) is 14.8 Å². The fourth-order valence-electron chi connectivity index (χ4n) is 4.27. The Morgan fingerprint density at radius 3 is 2.66 bits per heavy atom. The first-order chi connectivity index (χ1) is 17.2. The predicted octanol–water partition coefficient (Wildman–Crippen LogP) is 4.98. The Kier molecular flexibility index (Phi) is 7.04. The summed E-state index contributed by atoms with van der Waals surface area (Å²) in [6.45, 7) is 8.83. The number of fused-ring (bicyclic) bond motifs is 1. The number of ether oxygens (including phenoxy) is 1. The van der Waals surface area contributed by atoms with E-state index in [9.17, 15) is 0 Å². The van der Waals surface area contributed by atoms with Crippen LogP contribution in [0.1, 0.15) is 30.2 Å². The molecule has 0 atom stereocenters. The van der Waals surface area contributed by atoms with Crippen LogP contribution in [0.2, 0.25) is 0 Å². The lowest BCUT2D eigenvalue weighted by Crippen LogP contribution is -2.37. The van der Waals surface area contributed by atoms with E-state index >= 15 is 0 Å². The zero-order chi connectivity index (χ0) is 24.0. The zero-order valence-electron chi connectivity index (χ0n) is 20.4. The molecular formula is C28H32N6O.